The topological polar surface area (TPSA) is 59.8 Å². The van der Waals surface area contributed by atoms with E-state index >= 15 is 0 Å². The van der Waals surface area contributed by atoms with Crippen molar-refractivity contribution in [3.63, 3.8) is 0 Å². The molecule has 0 spiro atoms. The Bertz CT molecular complexity index is 1410. The van der Waals surface area contributed by atoms with E-state index in [2.05, 4.69) is 15.9 Å². The van der Waals surface area contributed by atoms with Crippen LogP contribution in [0.4, 0.5) is 0 Å². The van der Waals surface area contributed by atoms with Crippen LogP contribution in [0.1, 0.15) is 33.3 Å². The molecule has 0 saturated carbocycles. The number of amides is 1. The van der Waals surface area contributed by atoms with Crippen LogP contribution in [-0.4, -0.2) is 24.5 Å². The van der Waals surface area contributed by atoms with Crippen molar-refractivity contribution >= 4 is 44.4 Å². The molecule has 4 aromatic rings. The van der Waals surface area contributed by atoms with Crippen LogP contribution in [0.15, 0.2) is 80.4 Å². The van der Waals surface area contributed by atoms with E-state index in [1.165, 1.54) is 0 Å². The Morgan fingerprint density at radius 1 is 1.03 bits per heavy atom. The molecule has 7 heteroatoms. The summed E-state index contributed by atoms with van der Waals surface area (Å²) >= 11 is 9.59. The molecule has 0 bridgehead atoms. The molecule has 1 aliphatic heterocycles. The lowest BCUT2D eigenvalue weighted by molar-refractivity contribution is 0.0730. The molecule has 1 amide bonds. The Labute approximate surface area is 203 Å². The van der Waals surface area contributed by atoms with Gasteiger partial charge in [0.25, 0.3) is 5.91 Å². The van der Waals surface area contributed by atoms with Crippen molar-refractivity contribution in [3.8, 4) is 5.75 Å². The normalized spacial score (nSPS) is 15.2. The third kappa shape index (κ3) is 3.94. The van der Waals surface area contributed by atoms with Crippen molar-refractivity contribution in [2.24, 2.45) is 0 Å². The van der Waals surface area contributed by atoms with Crippen molar-refractivity contribution in [3.05, 3.63) is 109 Å². The van der Waals surface area contributed by atoms with Crippen LogP contribution in [0.3, 0.4) is 0 Å². The van der Waals surface area contributed by atoms with Gasteiger partial charge in [0.05, 0.1) is 24.1 Å². The Morgan fingerprint density at radius 3 is 2.45 bits per heavy atom. The molecular formula is C26H19BrClNO4. The number of nitrogens with zero attached hydrogens (tertiary/aromatic N) is 1. The van der Waals surface area contributed by atoms with Crippen LogP contribution in [0.2, 0.25) is 5.02 Å². The third-order valence-electron chi connectivity index (χ3n) is 5.91. The van der Waals surface area contributed by atoms with E-state index in [4.69, 9.17) is 20.8 Å². The van der Waals surface area contributed by atoms with E-state index in [0.29, 0.717) is 34.5 Å². The largest absolute Gasteiger partial charge is 0.497 e. The van der Waals surface area contributed by atoms with E-state index < -0.39 is 6.04 Å². The van der Waals surface area contributed by atoms with E-state index in [0.717, 1.165) is 21.3 Å². The molecule has 1 aliphatic rings. The van der Waals surface area contributed by atoms with E-state index in [-0.39, 0.29) is 17.1 Å². The average molecular weight is 525 g/mol. The van der Waals surface area contributed by atoms with Gasteiger partial charge < -0.3 is 14.1 Å². The molecule has 1 aromatic heterocycles. The number of hydrogen-bond donors (Lipinski definition) is 0. The molecule has 2 heterocycles. The van der Waals surface area contributed by atoms with Gasteiger partial charge in [-0.1, -0.05) is 51.8 Å². The molecule has 5 rings (SSSR count). The predicted molar refractivity (Wildman–Crippen MR) is 131 cm³/mol. The van der Waals surface area contributed by atoms with Crippen LogP contribution in [0.25, 0.3) is 11.0 Å². The van der Waals surface area contributed by atoms with Crippen LogP contribution < -0.4 is 10.2 Å². The van der Waals surface area contributed by atoms with Gasteiger partial charge in [0.2, 0.25) is 5.76 Å². The fourth-order valence-corrected chi connectivity index (χ4v) is 4.69. The molecule has 5 nitrogen and oxygen atoms in total. The minimum Gasteiger partial charge on any atom is -0.497 e. The number of rotatable bonds is 5. The van der Waals surface area contributed by atoms with Crippen molar-refractivity contribution in [2.75, 3.05) is 13.7 Å². The Hall–Kier alpha value is -3.09. The molecule has 1 unspecified atom stereocenters. The second kappa shape index (κ2) is 8.69. The van der Waals surface area contributed by atoms with Gasteiger partial charge in [-0.3, -0.25) is 9.59 Å². The lowest BCUT2D eigenvalue weighted by atomic mass is 9.98. The van der Waals surface area contributed by atoms with Crippen molar-refractivity contribution in [1.82, 2.24) is 4.90 Å². The predicted octanol–water partition coefficient (Wildman–Crippen LogP) is 6.01. The number of ether oxygens (including phenoxy) is 1. The van der Waals surface area contributed by atoms with Gasteiger partial charge in [-0.15, -0.1) is 0 Å². The third-order valence-corrected chi connectivity index (χ3v) is 6.68. The molecule has 1 atom stereocenters. The maximum absolute atomic E-state index is 13.5. The summed E-state index contributed by atoms with van der Waals surface area (Å²) in [5, 5.41) is 0.809. The monoisotopic (exact) mass is 523 g/mol. The minimum absolute atomic E-state index is 0.0949. The molecule has 3 aromatic carbocycles. The summed E-state index contributed by atoms with van der Waals surface area (Å²) in [5.74, 6) is 0.578. The summed E-state index contributed by atoms with van der Waals surface area (Å²) in [6, 6.07) is 19.7. The maximum Gasteiger partial charge on any atom is 0.290 e. The van der Waals surface area contributed by atoms with E-state index in [1.807, 2.05) is 48.5 Å². The maximum atomic E-state index is 13.5. The zero-order valence-electron chi connectivity index (χ0n) is 17.7. The molecule has 33 heavy (non-hydrogen) atoms. The number of halogens is 2. The van der Waals surface area contributed by atoms with Crippen LogP contribution in [0.5, 0.6) is 5.75 Å². The Morgan fingerprint density at radius 2 is 1.76 bits per heavy atom. The zero-order chi connectivity index (χ0) is 23.1. The summed E-state index contributed by atoms with van der Waals surface area (Å²) in [6.07, 6.45) is 0.621. The molecule has 0 aliphatic carbocycles. The fraction of sp³-hybridized carbons (Fsp3) is 0.154. The second-order valence-corrected chi connectivity index (χ2v) is 9.22. The Balaban J connectivity index is 1.60. The van der Waals surface area contributed by atoms with Gasteiger partial charge in [0.1, 0.15) is 11.3 Å². The summed E-state index contributed by atoms with van der Waals surface area (Å²) < 4.78 is 12.1. The first-order valence-corrected chi connectivity index (χ1v) is 11.6. The van der Waals surface area contributed by atoms with Crippen LogP contribution in [0, 0.1) is 0 Å². The van der Waals surface area contributed by atoms with Gasteiger partial charge in [-0.2, -0.15) is 0 Å². The van der Waals surface area contributed by atoms with Crippen molar-refractivity contribution < 1.29 is 13.9 Å². The quantitative estimate of drug-likeness (QED) is 0.321. The average Bonchev–Trinajstić information content (AvgIpc) is 3.11. The number of carbonyl (C=O) groups is 1. The first-order valence-electron chi connectivity index (χ1n) is 10.4. The first-order chi connectivity index (χ1) is 16.0. The second-order valence-electron chi connectivity index (χ2n) is 7.87. The standard InChI is InChI=1S/C26H19BrClNO4/c1-32-19-9-2-15(3-10-19)12-13-29-23(16-4-6-17(27)7-5-16)22-24(30)20-14-18(28)8-11-21(20)33-25(22)26(29)31/h2-11,14,23H,12-13H2,1H3. The lowest BCUT2D eigenvalue weighted by Crippen LogP contribution is -2.31. The van der Waals surface area contributed by atoms with Crippen molar-refractivity contribution in [1.29, 1.82) is 0 Å². The highest BCUT2D eigenvalue weighted by Gasteiger charge is 2.42. The highest BCUT2D eigenvalue weighted by atomic mass is 79.9. The van der Waals surface area contributed by atoms with Gasteiger partial charge >= 0.3 is 0 Å². The SMILES string of the molecule is COc1ccc(CCN2C(=O)c3oc4ccc(Cl)cc4c(=O)c3C2c2ccc(Br)cc2)cc1. The zero-order valence-corrected chi connectivity index (χ0v) is 20.0. The van der Waals surface area contributed by atoms with E-state index in [1.54, 1.807) is 30.2 Å². The van der Waals surface area contributed by atoms with Crippen molar-refractivity contribution in [2.45, 2.75) is 12.5 Å². The molecule has 0 saturated heterocycles. The highest BCUT2D eigenvalue weighted by Crippen LogP contribution is 2.38. The molecule has 0 N–H and O–H groups in total. The Kier molecular flexibility index (Phi) is 5.72. The van der Waals surface area contributed by atoms with Gasteiger partial charge in [-0.25, -0.2) is 0 Å². The summed E-state index contributed by atoms with van der Waals surface area (Å²) in [7, 11) is 1.62. The fourth-order valence-electron chi connectivity index (χ4n) is 4.26. The summed E-state index contributed by atoms with van der Waals surface area (Å²) in [4.78, 5) is 28.7. The van der Waals surface area contributed by atoms with Gasteiger partial charge in [0.15, 0.2) is 5.43 Å². The first kappa shape index (κ1) is 21.7. The molecular weight excluding hydrogens is 506 g/mol. The smallest absolute Gasteiger partial charge is 0.290 e. The summed E-state index contributed by atoms with van der Waals surface area (Å²) in [5.41, 5.74) is 2.37. The lowest BCUT2D eigenvalue weighted by Gasteiger charge is -2.25. The number of hydrogen-bond acceptors (Lipinski definition) is 4. The van der Waals surface area contributed by atoms with Gasteiger partial charge in [-0.05, 0) is 60.0 Å². The van der Waals surface area contributed by atoms with Crippen LogP contribution >= 0.6 is 27.5 Å². The van der Waals surface area contributed by atoms with E-state index in [9.17, 15) is 9.59 Å². The summed E-state index contributed by atoms with van der Waals surface area (Å²) in [6.45, 7) is 0.423. The molecule has 0 fully saturated rings. The number of methoxy groups -OCH3 is 1. The van der Waals surface area contributed by atoms with Crippen LogP contribution in [-0.2, 0) is 6.42 Å². The minimum atomic E-state index is -0.543. The van der Waals surface area contributed by atoms with Gasteiger partial charge in [0, 0.05) is 16.0 Å². The highest BCUT2D eigenvalue weighted by molar-refractivity contribution is 9.10. The molecule has 166 valence electrons. The number of carbonyl (C=O) groups excluding carboxylic acids is 1. The number of benzene rings is 3. The number of fused-ring (bicyclic) bond motifs is 2. The molecule has 0 radical (unpaired) electrons.